The molecule has 0 aliphatic carbocycles. The van der Waals surface area contributed by atoms with Gasteiger partial charge in [0, 0.05) is 36.6 Å². The molecule has 2 nitrogen and oxygen atoms in total. The topological polar surface area (TPSA) is 8.17 Å². The summed E-state index contributed by atoms with van der Waals surface area (Å²) in [4.78, 5) is 2.48. The molecule has 0 saturated carbocycles. The molecule has 24 heavy (non-hydrogen) atoms. The van der Waals surface area contributed by atoms with E-state index in [0.717, 1.165) is 25.9 Å². The maximum Gasteiger partial charge on any atom is 0.0515 e. The van der Waals surface area contributed by atoms with Gasteiger partial charge in [-0.15, -0.1) is 0 Å². The molecule has 1 aliphatic rings. The maximum absolute atomic E-state index is 2.61. The first-order valence-electron chi connectivity index (χ1n) is 9.01. The number of hydrogen-bond acceptors (Lipinski definition) is 1. The molecule has 3 aromatic rings. The monoisotopic (exact) mass is 318 g/mol. The summed E-state index contributed by atoms with van der Waals surface area (Å²) in [6.07, 6.45) is 2.24. The van der Waals surface area contributed by atoms with E-state index in [1.807, 2.05) is 0 Å². The van der Waals surface area contributed by atoms with Crippen LogP contribution in [0.15, 0.2) is 48.5 Å². The summed E-state index contributed by atoms with van der Waals surface area (Å²) in [5.74, 6) is 0. The molecule has 2 heterocycles. The van der Waals surface area contributed by atoms with Crippen molar-refractivity contribution in [3.8, 4) is 0 Å². The fourth-order valence-corrected chi connectivity index (χ4v) is 4.23. The van der Waals surface area contributed by atoms with Gasteiger partial charge in [-0.2, -0.15) is 0 Å². The highest BCUT2D eigenvalue weighted by Crippen LogP contribution is 2.38. The fourth-order valence-electron chi connectivity index (χ4n) is 4.23. The first-order valence-corrected chi connectivity index (χ1v) is 9.01. The van der Waals surface area contributed by atoms with Gasteiger partial charge in [0.15, 0.2) is 0 Å². The highest BCUT2D eigenvalue weighted by molar-refractivity contribution is 5.89. The zero-order valence-corrected chi connectivity index (χ0v) is 14.9. The van der Waals surface area contributed by atoms with Gasteiger partial charge >= 0.3 is 0 Å². The van der Waals surface area contributed by atoms with E-state index in [1.165, 1.54) is 22.0 Å². The normalized spacial score (nSPS) is 18.0. The van der Waals surface area contributed by atoms with E-state index in [4.69, 9.17) is 0 Å². The molecule has 4 rings (SSSR count). The van der Waals surface area contributed by atoms with Crippen LogP contribution in [0, 0.1) is 6.92 Å². The SMILES string of the molecule is Cc1cccc2c3c(n(CCc4ccccc4)c12)CCN(C)C3C. The summed E-state index contributed by atoms with van der Waals surface area (Å²) < 4.78 is 2.61. The first-order chi connectivity index (χ1) is 11.7. The summed E-state index contributed by atoms with van der Waals surface area (Å²) in [5.41, 5.74) is 7.37. The van der Waals surface area contributed by atoms with Gasteiger partial charge in [-0.1, -0.05) is 48.5 Å². The Balaban J connectivity index is 1.82. The number of aryl methyl sites for hydroxylation is 3. The Labute approximate surface area is 144 Å². The number of para-hydroxylation sites is 1. The van der Waals surface area contributed by atoms with Crippen LogP contribution in [0.5, 0.6) is 0 Å². The van der Waals surface area contributed by atoms with Crippen molar-refractivity contribution in [1.82, 2.24) is 9.47 Å². The Hall–Kier alpha value is -2.06. The number of benzene rings is 2. The predicted octanol–water partition coefficient (Wildman–Crippen LogP) is 4.74. The molecule has 1 aromatic heterocycles. The summed E-state index contributed by atoms with van der Waals surface area (Å²) in [6, 6.07) is 18.1. The van der Waals surface area contributed by atoms with Gasteiger partial charge in [0.2, 0.25) is 0 Å². The number of aromatic nitrogens is 1. The van der Waals surface area contributed by atoms with E-state index in [1.54, 1.807) is 11.3 Å². The molecule has 1 atom stereocenters. The zero-order valence-electron chi connectivity index (χ0n) is 14.9. The van der Waals surface area contributed by atoms with Crippen molar-refractivity contribution in [3.05, 3.63) is 70.9 Å². The fraction of sp³-hybridized carbons (Fsp3) is 0.364. The van der Waals surface area contributed by atoms with Crippen LogP contribution in [0.25, 0.3) is 10.9 Å². The lowest BCUT2D eigenvalue weighted by molar-refractivity contribution is 0.245. The van der Waals surface area contributed by atoms with E-state index >= 15 is 0 Å². The van der Waals surface area contributed by atoms with Crippen LogP contribution in [0.2, 0.25) is 0 Å². The van der Waals surface area contributed by atoms with Crippen molar-refractivity contribution >= 4 is 10.9 Å². The van der Waals surface area contributed by atoms with Crippen molar-refractivity contribution < 1.29 is 0 Å². The molecule has 0 radical (unpaired) electrons. The van der Waals surface area contributed by atoms with Gasteiger partial charge in [-0.25, -0.2) is 0 Å². The average molecular weight is 318 g/mol. The minimum Gasteiger partial charge on any atom is -0.344 e. The largest absolute Gasteiger partial charge is 0.344 e. The molecule has 0 amide bonds. The summed E-state index contributed by atoms with van der Waals surface area (Å²) >= 11 is 0. The second-order valence-corrected chi connectivity index (χ2v) is 7.13. The van der Waals surface area contributed by atoms with Crippen LogP contribution >= 0.6 is 0 Å². The molecule has 0 spiro atoms. The van der Waals surface area contributed by atoms with E-state index in [9.17, 15) is 0 Å². The molecule has 0 N–H and O–H groups in total. The third kappa shape index (κ3) is 2.46. The van der Waals surface area contributed by atoms with Crippen LogP contribution in [-0.4, -0.2) is 23.1 Å². The Kier molecular flexibility index (Phi) is 3.93. The van der Waals surface area contributed by atoms with E-state index < -0.39 is 0 Å². The van der Waals surface area contributed by atoms with E-state index in [-0.39, 0.29) is 0 Å². The van der Waals surface area contributed by atoms with Gasteiger partial charge in [-0.05, 0) is 44.0 Å². The third-order valence-electron chi connectivity index (χ3n) is 5.68. The molecular formula is C22H26N2. The minimum atomic E-state index is 0.496. The van der Waals surface area contributed by atoms with E-state index in [0.29, 0.717) is 6.04 Å². The lowest BCUT2D eigenvalue weighted by Gasteiger charge is -2.31. The summed E-state index contributed by atoms with van der Waals surface area (Å²) in [5, 5.41) is 1.46. The lowest BCUT2D eigenvalue weighted by Crippen LogP contribution is -2.31. The van der Waals surface area contributed by atoms with Gasteiger partial charge in [0.25, 0.3) is 0 Å². The van der Waals surface area contributed by atoms with Crippen molar-refractivity contribution in [2.45, 2.75) is 39.3 Å². The van der Waals surface area contributed by atoms with Crippen LogP contribution in [-0.2, 0) is 19.4 Å². The summed E-state index contributed by atoms with van der Waals surface area (Å²) in [6.45, 7) is 6.81. The number of fused-ring (bicyclic) bond motifs is 3. The first kappa shape index (κ1) is 15.5. The van der Waals surface area contributed by atoms with Crippen molar-refractivity contribution in [1.29, 1.82) is 0 Å². The summed E-state index contributed by atoms with van der Waals surface area (Å²) in [7, 11) is 2.25. The molecule has 2 aromatic carbocycles. The maximum atomic E-state index is 2.61. The van der Waals surface area contributed by atoms with Crippen molar-refractivity contribution in [2.75, 3.05) is 13.6 Å². The molecule has 124 valence electrons. The van der Waals surface area contributed by atoms with Crippen LogP contribution in [0.3, 0.4) is 0 Å². The van der Waals surface area contributed by atoms with Crippen LogP contribution < -0.4 is 0 Å². The highest BCUT2D eigenvalue weighted by Gasteiger charge is 2.28. The molecule has 1 aliphatic heterocycles. The van der Waals surface area contributed by atoms with Gasteiger partial charge in [-0.3, -0.25) is 4.90 Å². The third-order valence-corrected chi connectivity index (χ3v) is 5.68. The Morgan fingerprint density at radius 2 is 1.83 bits per heavy atom. The molecular weight excluding hydrogens is 292 g/mol. The second kappa shape index (κ2) is 6.10. The van der Waals surface area contributed by atoms with E-state index in [2.05, 4.69) is 78.9 Å². The molecule has 1 unspecified atom stereocenters. The standard InChI is InChI=1S/C22H26N2/c1-16-8-7-11-19-21-17(2)23(3)14-13-20(21)24(22(16)19)15-12-18-9-5-4-6-10-18/h4-11,17H,12-15H2,1-3H3. The number of likely N-dealkylation sites (N-methyl/N-ethyl adjacent to an activating group) is 1. The minimum absolute atomic E-state index is 0.496. The highest BCUT2D eigenvalue weighted by atomic mass is 15.1. The Morgan fingerprint density at radius 1 is 1.04 bits per heavy atom. The zero-order chi connectivity index (χ0) is 16.7. The number of hydrogen-bond donors (Lipinski definition) is 0. The van der Waals surface area contributed by atoms with Gasteiger partial charge < -0.3 is 4.57 Å². The molecule has 0 saturated heterocycles. The smallest absolute Gasteiger partial charge is 0.0515 e. The number of nitrogens with zero attached hydrogens (tertiary/aromatic N) is 2. The Morgan fingerprint density at radius 3 is 2.62 bits per heavy atom. The predicted molar refractivity (Wildman–Crippen MR) is 102 cm³/mol. The van der Waals surface area contributed by atoms with Crippen LogP contribution in [0.4, 0.5) is 0 Å². The van der Waals surface area contributed by atoms with Gasteiger partial charge in [0.1, 0.15) is 0 Å². The second-order valence-electron chi connectivity index (χ2n) is 7.13. The van der Waals surface area contributed by atoms with Crippen LogP contribution in [0.1, 0.15) is 35.3 Å². The number of rotatable bonds is 3. The van der Waals surface area contributed by atoms with Gasteiger partial charge in [0.05, 0.1) is 5.52 Å². The van der Waals surface area contributed by atoms with Crippen molar-refractivity contribution in [2.24, 2.45) is 0 Å². The Bertz CT molecular complexity index is 861. The quantitative estimate of drug-likeness (QED) is 0.677. The van der Waals surface area contributed by atoms with Crippen molar-refractivity contribution in [3.63, 3.8) is 0 Å². The average Bonchev–Trinajstić information content (AvgIpc) is 2.93. The molecule has 0 fully saturated rings. The lowest BCUT2D eigenvalue weighted by atomic mass is 9.97. The molecule has 2 heteroatoms. The molecule has 0 bridgehead atoms.